The van der Waals surface area contributed by atoms with Crippen molar-refractivity contribution >= 4 is 12.0 Å². The van der Waals surface area contributed by atoms with Gasteiger partial charge in [0.2, 0.25) is 5.91 Å². The molecule has 90 valence electrons. The molecule has 0 radical (unpaired) electrons. The molecule has 2 amide bonds. The van der Waals surface area contributed by atoms with Crippen molar-refractivity contribution in [3.63, 3.8) is 0 Å². The Morgan fingerprint density at radius 2 is 1.88 bits per heavy atom. The van der Waals surface area contributed by atoms with Crippen LogP contribution < -0.4 is 10.9 Å². The first-order valence-electron chi connectivity index (χ1n) is 5.61. The Kier molecular flexibility index (Phi) is 2.36. The van der Waals surface area contributed by atoms with Crippen LogP contribution in [0.5, 0.6) is 0 Å². The Bertz CT molecular complexity index is 329. The van der Waals surface area contributed by atoms with Crippen molar-refractivity contribution in [3.05, 3.63) is 0 Å². The SMILES string of the molecule is CC(C)(C)OC(=O)NNC(=O)C1CC12CC2. The minimum Gasteiger partial charge on any atom is -0.443 e. The molecular weight excluding hydrogens is 208 g/mol. The monoisotopic (exact) mass is 226 g/mol. The molecule has 2 fully saturated rings. The van der Waals surface area contributed by atoms with Gasteiger partial charge in [0.15, 0.2) is 0 Å². The van der Waals surface area contributed by atoms with Gasteiger partial charge in [0.1, 0.15) is 5.60 Å². The topological polar surface area (TPSA) is 67.4 Å². The van der Waals surface area contributed by atoms with Crippen molar-refractivity contribution < 1.29 is 14.3 Å². The maximum Gasteiger partial charge on any atom is 0.426 e. The fourth-order valence-corrected chi connectivity index (χ4v) is 1.93. The molecule has 2 aliphatic rings. The first kappa shape index (κ1) is 11.2. The molecule has 1 atom stereocenters. The number of rotatable bonds is 1. The molecule has 0 aromatic rings. The van der Waals surface area contributed by atoms with Gasteiger partial charge < -0.3 is 4.74 Å². The lowest BCUT2D eigenvalue weighted by Gasteiger charge is -2.19. The molecule has 16 heavy (non-hydrogen) atoms. The van der Waals surface area contributed by atoms with E-state index >= 15 is 0 Å². The van der Waals surface area contributed by atoms with Gasteiger partial charge in [-0.1, -0.05) is 0 Å². The van der Waals surface area contributed by atoms with Crippen LogP contribution in [0.4, 0.5) is 4.79 Å². The van der Waals surface area contributed by atoms with E-state index in [-0.39, 0.29) is 11.8 Å². The van der Waals surface area contributed by atoms with Crippen molar-refractivity contribution in [3.8, 4) is 0 Å². The Morgan fingerprint density at radius 3 is 2.31 bits per heavy atom. The largest absolute Gasteiger partial charge is 0.443 e. The Morgan fingerprint density at radius 1 is 1.25 bits per heavy atom. The van der Waals surface area contributed by atoms with E-state index < -0.39 is 11.7 Å². The minimum atomic E-state index is -0.619. The van der Waals surface area contributed by atoms with Crippen LogP contribution in [0.3, 0.4) is 0 Å². The third-order valence-electron chi connectivity index (χ3n) is 3.09. The van der Waals surface area contributed by atoms with Crippen molar-refractivity contribution in [2.24, 2.45) is 11.3 Å². The number of hydrazine groups is 1. The third-order valence-corrected chi connectivity index (χ3v) is 3.09. The summed E-state index contributed by atoms with van der Waals surface area (Å²) in [7, 11) is 0. The molecule has 1 spiro atoms. The quantitative estimate of drug-likeness (QED) is 0.663. The van der Waals surface area contributed by atoms with Crippen molar-refractivity contribution in [2.75, 3.05) is 0 Å². The van der Waals surface area contributed by atoms with Crippen molar-refractivity contribution in [1.82, 2.24) is 10.9 Å². The van der Waals surface area contributed by atoms with Crippen LogP contribution >= 0.6 is 0 Å². The summed E-state index contributed by atoms with van der Waals surface area (Å²) in [6.07, 6.45) is 2.65. The van der Waals surface area contributed by atoms with E-state index in [9.17, 15) is 9.59 Å². The number of nitrogens with one attached hydrogen (secondary N) is 2. The predicted molar refractivity (Wildman–Crippen MR) is 57.3 cm³/mol. The van der Waals surface area contributed by atoms with E-state index in [0.717, 1.165) is 19.3 Å². The summed E-state index contributed by atoms with van der Waals surface area (Å²) in [4.78, 5) is 22.8. The molecule has 0 bridgehead atoms. The molecule has 0 aromatic carbocycles. The number of hydrogen-bond acceptors (Lipinski definition) is 3. The summed E-state index contributed by atoms with van der Waals surface area (Å²) in [6.45, 7) is 5.32. The Labute approximate surface area is 94.9 Å². The second-order valence-corrected chi connectivity index (χ2v) is 5.74. The Balaban J connectivity index is 1.67. The van der Waals surface area contributed by atoms with Crippen LogP contribution in [-0.2, 0) is 9.53 Å². The van der Waals surface area contributed by atoms with Crippen molar-refractivity contribution in [2.45, 2.75) is 45.6 Å². The zero-order chi connectivity index (χ0) is 12.0. The van der Waals surface area contributed by atoms with E-state index in [2.05, 4.69) is 10.9 Å². The smallest absolute Gasteiger partial charge is 0.426 e. The van der Waals surface area contributed by atoms with E-state index in [0.29, 0.717) is 5.41 Å². The lowest BCUT2D eigenvalue weighted by Crippen LogP contribution is -2.45. The van der Waals surface area contributed by atoms with Crippen LogP contribution in [-0.4, -0.2) is 17.6 Å². The van der Waals surface area contributed by atoms with Crippen LogP contribution in [0.15, 0.2) is 0 Å². The van der Waals surface area contributed by atoms with Crippen LogP contribution in [0.2, 0.25) is 0 Å². The number of ether oxygens (including phenoxy) is 1. The minimum absolute atomic E-state index is 0.0941. The number of amides is 2. The molecular formula is C11H18N2O3. The first-order valence-corrected chi connectivity index (χ1v) is 5.61. The van der Waals surface area contributed by atoms with Gasteiger partial charge in [0, 0.05) is 5.92 Å². The van der Waals surface area contributed by atoms with Crippen LogP contribution in [0.25, 0.3) is 0 Å². The van der Waals surface area contributed by atoms with E-state index in [1.807, 2.05) is 0 Å². The fraction of sp³-hybridized carbons (Fsp3) is 0.818. The molecule has 2 N–H and O–H groups in total. The van der Waals surface area contributed by atoms with Gasteiger partial charge in [0.25, 0.3) is 0 Å². The maximum absolute atomic E-state index is 11.5. The average Bonchev–Trinajstić information content (AvgIpc) is 3.01. The lowest BCUT2D eigenvalue weighted by molar-refractivity contribution is -0.123. The molecule has 5 nitrogen and oxygen atoms in total. The average molecular weight is 226 g/mol. The standard InChI is InChI=1S/C11H18N2O3/c1-10(2,3)16-9(15)13-12-8(14)7-6-11(7)4-5-11/h7H,4-6H2,1-3H3,(H,12,14)(H,13,15). The second-order valence-electron chi connectivity index (χ2n) is 5.74. The van der Waals surface area contributed by atoms with Gasteiger partial charge in [-0.05, 0) is 45.4 Å². The molecule has 1 unspecified atom stereocenters. The molecule has 2 rings (SSSR count). The van der Waals surface area contributed by atoms with E-state index in [4.69, 9.17) is 4.74 Å². The highest BCUT2D eigenvalue weighted by Gasteiger charge is 2.65. The van der Waals surface area contributed by atoms with Crippen molar-refractivity contribution in [1.29, 1.82) is 0 Å². The zero-order valence-corrected chi connectivity index (χ0v) is 9.92. The predicted octanol–water partition coefficient (Wildman–Crippen LogP) is 1.34. The summed E-state index contributed by atoms with van der Waals surface area (Å²) in [5.41, 5.74) is 4.42. The van der Waals surface area contributed by atoms with Gasteiger partial charge in [0.05, 0.1) is 0 Å². The first-order chi connectivity index (χ1) is 7.32. The third kappa shape index (κ3) is 2.46. The number of hydrogen-bond donors (Lipinski definition) is 2. The number of carbonyl (C=O) groups excluding carboxylic acids is 2. The van der Waals surface area contributed by atoms with E-state index in [1.54, 1.807) is 20.8 Å². The molecule has 0 saturated heterocycles. The highest BCUT2D eigenvalue weighted by atomic mass is 16.6. The van der Waals surface area contributed by atoms with Gasteiger partial charge in [-0.3, -0.25) is 10.2 Å². The molecule has 0 aromatic heterocycles. The summed E-state index contributed by atoms with van der Waals surface area (Å²) in [6, 6.07) is 0. The molecule has 0 aliphatic heterocycles. The summed E-state index contributed by atoms with van der Waals surface area (Å²) in [5, 5.41) is 0. The molecule has 2 aliphatic carbocycles. The maximum atomic E-state index is 11.5. The fourth-order valence-electron chi connectivity index (χ4n) is 1.93. The van der Waals surface area contributed by atoms with Crippen LogP contribution in [0, 0.1) is 11.3 Å². The molecule has 0 heterocycles. The number of carbonyl (C=O) groups is 2. The van der Waals surface area contributed by atoms with Gasteiger partial charge in [-0.25, -0.2) is 10.2 Å². The highest BCUT2D eigenvalue weighted by molar-refractivity contribution is 5.85. The second kappa shape index (κ2) is 3.37. The lowest BCUT2D eigenvalue weighted by atomic mass is 10.2. The normalized spacial score (nSPS) is 24.8. The summed E-state index contributed by atoms with van der Waals surface area (Å²) >= 11 is 0. The van der Waals surface area contributed by atoms with Gasteiger partial charge in [-0.2, -0.15) is 0 Å². The Hall–Kier alpha value is -1.26. The van der Waals surface area contributed by atoms with E-state index in [1.165, 1.54) is 0 Å². The molecule has 5 heteroatoms. The van der Waals surface area contributed by atoms with Gasteiger partial charge in [-0.15, -0.1) is 0 Å². The highest BCUT2D eigenvalue weighted by Crippen LogP contribution is 2.70. The summed E-state index contributed by atoms with van der Waals surface area (Å²) in [5.74, 6) is 0.00537. The molecule has 2 saturated carbocycles. The summed E-state index contributed by atoms with van der Waals surface area (Å²) < 4.78 is 4.99. The van der Waals surface area contributed by atoms with Gasteiger partial charge >= 0.3 is 6.09 Å². The van der Waals surface area contributed by atoms with Crippen LogP contribution in [0.1, 0.15) is 40.0 Å². The zero-order valence-electron chi connectivity index (χ0n) is 9.92.